The summed E-state index contributed by atoms with van der Waals surface area (Å²) < 4.78 is 0. The van der Waals surface area contributed by atoms with Crippen LogP contribution in [0.2, 0.25) is 0 Å². The van der Waals surface area contributed by atoms with Crippen LogP contribution in [0, 0.1) is 0 Å². The lowest BCUT2D eigenvalue weighted by atomic mass is 9.79. The molecule has 1 fully saturated rings. The summed E-state index contributed by atoms with van der Waals surface area (Å²) in [6, 6.07) is 10.4. The predicted molar refractivity (Wildman–Crippen MR) is 87.1 cm³/mol. The van der Waals surface area contributed by atoms with E-state index in [1.165, 1.54) is 24.8 Å². The molecule has 0 aromatic heterocycles. The third kappa shape index (κ3) is 4.31. The van der Waals surface area contributed by atoms with Gasteiger partial charge in [0.25, 0.3) is 0 Å². The Labute approximate surface area is 128 Å². The third-order valence-electron chi connectivity index (χ3n) is 4.79. The second-order valence-electron chi connectivity index (χ2n) is 6.21. The molecule has 0 bridgehead atoms. The maximum absolute atomic E-state index is 12.5. The molecule has 1 saturated carbocycles. The van der Waals surface area contributed by atoms with Gasteiger partial charge in [0.1, 0.15) is 0 Å². The molecule has 1 atom stereocenters. The zero-order valence-electron chi connectivity index (χ0n) is 13.3. The quantitative estimate of drug-likeness (QED) is 0.840. The molecule has 3 nitrogen and oxygen atoms in total. The average molecular weight is 288 g/mol. The van der Waals surface area contributed by atoms with Gasteiger partial charge in [0.15, 0.2) is 0 Å². The highest BCUT2D eigenvalue weighted by Gasteiger charge is 2.33. The van der Waals surface area contributed by atoms with Gasteiger partial charge in [-0.15, -0.1) is 0 Å². The molecule has 1 aromatic carbocycles. The van der Waals surface area contributed by atoms with Crippen LogP contribution in [0.15, 0.2) is 30.3 Å². The van der Waals surface area contributed by atoms with Gasteiger partial charge in [-0.2, -0.15) is 0 Å². The lowest BCUT2D eigenvalue weighted by molar-refractivity contribution is -0.123. The summed E-state index contributed by atoms with van der Waals surface area (Å²) >= 11 is 0. The summed E-state index contributed by atoms with van der Waals surface area (Å²) in [5.41, 5.74) is 1.20. The smallest absolute Gasteiger partial charge is 0.222 e. The SMILES string of the molecule is CCC(NC(=O)CC1(NC)CCCCC1)c1ccccc1. The number of hydrogen-bond donors (Lipinski definition) is 2. The number of carbonyl (C=O) groups is 1. The Morgan fingerprint density at radius 1 is 1.19 bits per heavy atom. The Bertz CT molecular complexity index is 438. The minimum atomic E-state index is 0.0112. The zero-order valence-corrected chi connectivity index (χ0v) is 13.3. The van der Waals surface area contributed by atoms with Gasteiger partial charge < -0.3 is 10.6 Å². The Morgan fingerprint density at radius 2 is 1.86 bits per heavy atom. The van der Waals surface area contributed by atoms with Gasteiger partial charge in [0.05, 0.1) is 6.04 Å². The van der Waals surface area contributed by atoms with Gasteiger partial charge in [-0.3, -0.25) is 4.79 Å². The molecule has 0 heterocycles. The number of amides is 1. The first-order valence-electron chi connectivity index (χ1n) is 8.22. The van der Waals surface area contributed by atoms with Crippen molar-refractivity contribution in [1.29, 1.82) is 0 Å². The van der Waals surface area contributed by atoms with Crippen molar-refractivity contribution in [3.8, 4) is 0 Å². The fourth-order valence-electron chi connectivity index (χ4n) is 3.40. The van der Waals surface area contributed by atoms with Crippen LogP contribution in [0.4, 0.5) is 0 Å². The largest absolute Gasteiger partial charge is 0.349 e. The summed E-state index contributed by atoms with van der Waals surface area (Å²) in [6.07, 6.45) is 7.48. The number of benzene rings is 1. The highest BCUT2D eigenvalue weighted by Crippen LogP contribution is 2.31. The topological polar surface area (TPSA) is 41.1 Å². The Morgan fingerprint density at radius 3 is 2.43 bits per heavy atom. The predicted octanol–water partition coefficient (Wildman–Crippen LogP) is 3.57. The van der Waals surface area contributed by atoms with E-state index < -0.39 is 0 Å². The molecule has 2 N–H and O–H groups in total. The van der Waals surface area contributed by atoms with Gasteiger partial charge in [0, 0.05) is 12.0 Å². The van der Waals surface area contributed by atoms with Crippen LogP contribution in [0.3, 0.4) is 0 Å². The van der Waals surface area contributed by atoms with Gasteiger partial charge >= 0.3 is 0 Å². The first-order chi connectivity index (χ1) is 10.2. The molecule has 1 aliphatic rings. The number of nitrogens with one attached hydrogen (secondary N) is 2. The summed E-state index contributed by atoms with van der Waals surface area (Å²) in [7, 11) is 1.99. The van der Waals surface area contributed by atoms with Crippen LogP contribution in [-0.2, 0) is 4.79 Å². The van der Waals surface area contributed by atoms with Gasteiger partial charge in [0.2, 0.25) is 5.91 Å². The van der Waals surface area contributed by atoms with Crippen molar-refractivity contribution in [2.45, 2.75) is 63.5 Å². The van der Waals surface area contributed by atoms with E-state index in [1.807, 2.05) is 25.2 Å². The summed E-state index contributed by atoms with van der Waals surface area (Å²) in [5.74, 6) is 0.168. The van der Waals surface area contributed by atoms with E-state index in [-0.39, 0.29) is 17.5 Å². The highest BCUT2D eigenvalue weighted by atomic mass is 16.1. The van der Waals surface area contributed by atoms with E-state index >= 15 is 0 Å². The zero-order chi connectivity index (χ0) is 15.1. The average Bonchev–Trinajstić information content (AvgIpc) is 2.54. The molecule has 0 spiro atoms. The fraction of sp³-hybridized carbons (Fsp3) is 0.611. The minimum absolute atomic E-state index is 0.0112. The van der Waals surface area contributed by atoms with Crippen molar-refractivity contribution in [3.63, 3.8) is 0 Å². The number of carbonyl (C=O) groups excluding carboxylic acids is 1. The molecule has 1 amide bonds. The van der Waals surface area contributed by atoms with Crippen molar-refractivity contribution in [1.82, 2.24) is 10.6 Å². The van der Waals surface area contributed by atoms with E-state index in [0.717, 1.165) is 19.3 Å². The lowest BCUT2D eigenvalue weighted by Crippen LogP contribution is -2.48. The Balaban J connectivity index is 1.96. The third-order valence-corrected chi connectivity index (χ3v) is 4.79. The molecule has 2 rings (SSSR count). The molecule has 1 aliphatic carbocycles. The van der Waals surface area contributed by atoms with E-state index in [2.05, 4.69) is 29.7 Å². The van der Waals surface area contributed by atoms with Crippen molar-refractivity contribution in [2.24, 2.45) is 0 Å². The molecular formula is C18H28N2O. The monoisotopic (exact) mass is 288 g/mol. The van der Waals surface area contributed by atoms with Crippen molar-refractivity contribution < 1.29 is 4.79 Å². The van der Waals surface area contributed by atoms with Crippen LogP contribution >= 0.6 is 0 Å². The molecule has 1 aromatic rings. The normalized spacial score (nSPS) is 19.0. The number of hydrogen-bond acceptors (Lipinski definition) is 2. The van der Waals surface area contributed by atoms with Gasteiger partial charge in [-0.05, 0) is 31.9 Å². The molecule has 0 saturated heterocycles. The Hall–Kier alpha value is -1.35. The maximum Gasteiger partial charge on any atom is 0.222 e. The van der Waals surface area contributed by atoms with E-state index in [9.17, 15) is 4.79 Å². The maximum atomic E-state index is 12.5. The van der Waals surface area contributed by atoms with E-state index in [0.29, 0.717) is 6.42 Å². The van der Waals surface area contributed by atoms with Crippen molar-refractivity contribution in [2.75, 3.05) is 7.05 Å². The molecular weight excluding hydrogens is 260 g/mol. The van der Waals surface area contributed by atoms with E-state index in [4.69, 9.17) is 0 Å². The Kier molecular flexibility index (Phi) is 5.80. The van der Waals surface area contributed by atoms with E-state index in [1.54, 1.807) is 0 Å². The van der Waals surface area contributed by atoms with Crippen LogP contribution in [0.1, 0.15) is 63.5 Å². The molecule has 21 heavy (non-hydrogen) atoms. The van der Waals surface area contributed by atoms with Crippen LogP contribution < -0.4 is 10.6 Å². The fourth-order valence-corrected chi connectivity index (χ4v) is 3.40. The molecule has 3 heteroatoms. The van der Waals surface area contributed by atoms with Gasteiger partial charge in [-0.1, -0.05) is 56.5 Å². The standard InChI is InChI=1S/C18H28N2O/c1-3-16(15-10-6-4-7-11-15)20-17(21)14-18(19-2)12-8-5-9-13-18/h4,6-7,10-11,16,19H,3,5,8-9,12-14H2,1-2H3,(H,20,21). The van der Waals surface area contributed by atoms with Crippen LogP contribution in [0.5, 0.6) is 0 Å². The minimum Gasteiger partial charge on any atom is -0.349 e. The summed E-state index contributed by atoms with van der Waals surface area (Å²) in [5, 5.41) is 6.63. The molecule has 116 valence electrons. The van der Waals surface area contributed by atoms with Gasteiger partial charge in [-0.25, -0.2) is 0 Å². The van der Waals surface area contributed by atoms with Crippen molar-refractivity contribution >= 4 is 5.91 Å². The summed E-state index contributed by atoms with van der Waals surface area (Å²) in [4.78, 5) is 12.5. The van der Waals surface area contributed by atoms with Crippen LogP contribution in [-0.4, -0.2) is 18.5 Å². The second-order valence-corrected chi connectivity index (χ2v) is 6.21. The molecule has 0 aliphatic heterocycles. The molecule has 1 unspecified atom stereocenters. The second kappa shape index (κ2) is 7.60. The lowest BCUT2D eigenvalue weighted by Gasteiger charge is -2.37. The summed E-state index contributed by atoms with van der Waals surface area (Å²) in [6.45, 7) is 2.12. The van der Waals surface area contributed by atoms with Crippen molar-refractivity contribution in [3.05, 3.63) is 35.9 Å². The first-order valence-corrected chi connectivity index (χ1v) is 8.22. The van der Waals surface area contributed by atoms with Crippen LogP contribution in [0.25, 0.3) is 0 Å². The molecule has 0 radical (unpaired) electrons. The number of rotatable bonds is 6. The highest BCUT2D eigenvalue weighted by molar-refractivity contribution is 5.77. The first kappa shape index (κ1) is 16.0.